The van der Waals surface area contributed by atoms with Gasteiger partial charge in [-0.1, -0.05) is 43.6 Å². The number of unbranched alkanes of at least 4 members (excludes halogenated alkanes) is 2. The number of carbonyl (C=O) groups is 1. The van der Waals surface area contributed by atoms with Gasteiger partial charge in [0.05, 0.1) is 6.66 Å². The van der Waals surface area contributed by atoms with Crippen molar-refractivity contribution < 1.29 is 28.3 Å². The lowest BCUT2D eigenvalue weighted by atomic mass is 9.73. The Labute approximate surface area is 204 Å². The standard InChI is InChI=1S/C27H41O6P/c1-9-10-11-12-21-16-24(29)26(23-15-19(4)13-14-22(23)18(2)3)25(17-21)32-34(8,30)33-27(6,7)31-20(5)28/h15-17,22-23,29H,2,9-14H2,1,3-8H3. The van der Waals surface area contributed by atoms with Crippen LogP contribution in [0.4, 0.5) is 0 Å². The molecule has 0 fully saturated rings. The minimum absolute atomic E-state index is 0.116. The van der Waals surface area contributed by atoms with Crippen molar-refractivity contribution in [1.82, 2.24) is 0 Å². The van der Waals surface area contributed by atoms with Crippen molar-refractivity contribution in [2.75, 3.05) is 6.66 Å². The number of phenols is 1. The number of allylic oxidation sites excluding steroid dienone is 3. The van der Waals surface area contributed by atoms with Crippen LogP contribution in [0.25, 0.3) is 0 Å². The van der Waals surface area contributed by atoms with Crippen molar-refractivity contribution in [2.45, 2.75) is 91.8 Å². The highest BCUT2D eigenvalue weighted by Crippen LogP contribution is 2.53. The van der Waals surface area contributed by atoms with Gasteiger partial charge in [-0.05, 0) is 63.1 Å². The molecule has 6 nitrogen and oxygen atoms in total. The van der Waals surface area contributed by atoms with Gasteiger partial charge in [-0.15, -0.1) is 0 Å². The first-order valence-corrected chi connectivity index (χ1v) is 14.1. The van der Waals surface area contributed by atoms with E-state index < -0.39 is 19.4 Å². The van der Waals surface area contributed by atoms with Crippen LogP contribution in [0.2, 0.25) is 0 Å². The first kappa shape index (κ1) is 28.2. The second-order valence-electron chi connectivity index (χ2n) is 9.96. The van der Waals surface area contributed by atoms with E-state index in [0.29, 0.717) is 11.3 Å². The molecule has 0 amide bonds. The van der Waals surface area contributed by atoms with Crippen molar-refractivity contribution in [3.8, 4) is 11.5 Å². The maximum atomic E-state index is 13.4. The number of benzene rings is 1. The number of aryl methyl sites for hydroxylation is 1. The Morgan fingerprint density at radius 1 is 1.26 bits per heavy atom. The predicted molar refractivity (Wildman–Crippen MR) is 136 cm³/mol. The van der Waals surface area contributed by atoms with Crippen LogP contribution in [0.5, 0.6) is 11.5 Å². The number of hydrogen-bond donors (Lipinski definition) is 1. The largest absolute Gasteiger partial charge is 0.507 e. The minimum atomic E-state index is -3.73. The number of carbonyl (C=O) groups excluding carboxylic acids is 1. The average Bonchev–Trinajstić information content (AvgIpc) is 2.65. The molecule has 0 heterocycles. The molecule has 0 aliphatic heterocycles. The summed E-state index contributed by atoms with van der Waals surface area (Å²) >= 11 is 0. The van der Waals surface area contributed by atoms with Crippen molar-refractivity contribution in [3.05, 3.63) is 47.1 Å². The molecule has 1 aliphatic rings. The number of hydrogen-bond acceptors (Lipinski definition) is 6. The Balaban J connectivity index is 2.53. The van der Waals surface area contributed by atoms with E-state index in [2.05, 4.69) is 26.5 Å². The SMILES string of the molecule is C=C(C)C1CCC(C)=CC1c1c(O)cc(CCCCC)cc1OP(C)(=O)OC(C)(C)OC(C)=O. The van der Waals surface area contributed by atoms with Crippen molar-refractivity contribution in [1.29, 1.82) is 0 Å². The van der Waals surface area contributed by atoms with E-state index in [1.54, 1.807) is 6.07 Å². The smallest absolute Gasteiger partial charge is 0.379 e. The monoisotopic (exact) mass is 492 g/mol. The van der Waals surface area contributed by atoms with Gasteiger partial charge in [0.2, 0.25) is 5.79 Å². The lowest BCUT2D eigenvalue weighted by Gasteiger charge is -2.33. The second-order valence-corrected chi connectivity index (χ2v) is 11.9. The molecule has 1 aromatic rings. The Bertz CT molecular complexity index is 978. The first-order chi connectivity index (χ1) is 15.7. The molecule has 1 aromatic carbocycles. The van der Waals surface area contributed by atoms with Crippen LogP contribution in [0.15, 0.2) is 35.9 Å². The lowest BCUT2D eigenvalue weighted by Crippen LogP contribution is -2.30. The third-order valence-corrected chi connectivity index (χ3v) is 7.30. The molecule has 0 spiro atoms. The molecule has 7 heteroatoms. The predicted octanol–water partition coefficient (Wildman–Crippen LogP) is 7.66. The zero-order valence-electron chi connectivity index (χ0n) is 21.8. The lowest BCUT2D eigenvalue weighted by molar-refractivity contribution is -0.184. The highest BCUT2D eigenvalue weighted by atomic mass is 31.2. The van der Waals surface area contributed by atoms with Crippen molar-refractivity contribution in [2.24, 2.45) is 5.92 Å². The van der Waals surface area contributed by atoms with Crippen LogP contribution in [-0.4, -0.2) is 23.5 Å². The van der Waals surface area contributed by atoms with Crippen LogP contribution < -0.4 is 4.52 Å². The van der Waals surface area contributed by atoms with Crippen LogP contribution in [0.1, 0.15) is 90.7 Å². The van der Waals surface area contributed by atoms with Crippen LogP contribution in [-0.2, 0) is 25.0 Å². The van der Waals surface area contributed by atoms with Gasteiger partial charge in [0.15, 0.2) is 0 Å². The van der Waals surface area contributed by atoms with Crippen molar-refractivity contribution in [3.63, 3.8) is 0 Å². The topological polar surface area (TPSA) is 82.1 Å². The summed E-state index contributed by atoms with van der Waals surface area (Å²) in [5.41, 5.74) is 3.75. The zero-order valence-corrected chi connectivity index (χ0v) is 22.7. The van der Waals surface area contributed by atoms with Gasteiger partial charge in [-0.3, -0.25) is 9.32 Å². The summed E-state index contributed by atoms with van der Waals surface area (Å²) in [4.78, 5) is 11.4. The van der Waals surface area contributed by atoms with E-state index in [9.17, 15) is 14.5 Å². The third kappa shape index (κ3) is 8.02. The fourth-order valence-electron chi connectivity index (χ4n) is 4.67. The molecule has 0 saturated carbocycles. The fourth-order valence-corrected chi connectivity index (χ4v) is 6.05. The van der Waals surface area contributed by atoms with Gasteiger partial charge in [0, 0.05) is 32.3 Å². The van der Waals surface area contributed by atoms with Gasteiger partial charge in [-0.25, -0.2) is 4.57 Å². The molecule has 190 valence electrons. The molecule has 1 aliphatic carbocycles. The number of ether oxygens (including phenoxy) is 1. The first-order valence-electron chi connectivity index (χ1n) is 12.1. The quantitative estimate of drug-likeness (QED) is 0.112. The molecule has 3 atom stereocenters. The van der Waals surface area contributed by atoms with Gasteiger partial charge in [0.25, 0.3) is 0 Å². The Hall–Kier alpha value is -2.04. The van der Waals surface area contributed by atoms with Gasteiger partial charge >= 0.3 is 13.6 Å². The van der Waals surface area contributed by atoms with Gasteiger partial charge in [0.1, 0.15) is 11.5 Å². The highest BCUT2D eigenvalue weighted by molar-refractivity contribution is 7.53. The van der Waals surface area contributed by atoms with E-state index in [1.807, 2.05) is 13.0 Å². The van der Waals surface area contributed by atoms with Gasteiger partial charge < -0.3 is 14.4 Å². The molecule has 0 radical (unpaired) electrons. The number of rotatable bonds is 11. The average molecular weight is 493 g/mol. The summed E-state index contributed by atoms with van der Waals surface area (Å²) in [6.07, 6.45) is 7.94. The molecule has 2 rings (SSSR count). The molecule has 3 unspecified atom stereocenters. The normalized spacial score (nSPS) is 20.3. The Kier molecular flexibility index (Phi) is 9.62. The van der Waals surface area contributed by atoms with E-state index >= 15 is 0 Å². The van der Waals surface area contributed by atoms with E-state index in [4.69, 9.17) is 13.8 Å². The fraction of sp³-hybridized carbons (Fsp3) is 0.593. The van der Waals surface area contributed by atoms with E-state index in [0.717, 1.165) is 49.7 Å². The molecule has 0 bridgehead atoms. The Morgan fingerprint density at radius 2 is 1.94 bits per heavy atom. The molecule has 0 aromatic heterocycles. The maximum absolute atomic E-state index is 13.4. The van der Waals surface area contributed by atoms with Crippen LogP contribution in [0, 0.1) is 5.92 Å². The summed E-state index contributed by atoms with van der Waals surface area (Å²) < 4.78 is 30.2. The van der Waals surface area contributed by atoms with E-state index in [1.165, 1.54) is 33.0 Å². The minimum Gasteiger partial charge on any atom is -0.507 e. The van der Waals surface area contributed by atoms with Gasteiger partial charge in [-0.2, -0.15) is 0 Å². The number of aromatic hydroxyl groups is 1. The molecule has 34 heavy (non-hydrogen) atoms. The highest BCUT2D eigenvalue weighted by Gasteiger charge is 2.36. The van der Waals surface area contributed by atoms with E-state index in [-0.39, 0.29) is 17.6 Å². The van der Waals surface area contributed by atoms with Crippen molar-refractivity contribution >= 4 is 13.6 Å². The molecule has 1 N–H and O–H groups in total. The van der Waals surface area contributed by atoms with Crippen LogP contribution in [0.3, 0.4) is 0 Å². The van der Waals surface area contributed by atoms with Crippen LogP contribution >= 0.6 is 7.60 Å². The summed E-state index contributed by atoms with van der Waals surface area (Å²) in [5.74, 6) is -1.57. The number of esters is 1. The molecule has 0 saturated heterocycles. The second kappa shape index (κ2) is 11.6. The summed E-state index contributed by atoms with van der Waals surface area (Å²) in [7, 11) is -3.73. The zero-order chi connectivity index (χ0) is 25.7. The molecular weight excluding hydrogens is 451 g/mol. The summed E-state index contributed by atoms with van der Waals surface area (Å²) in [6.45, 7) is 16.0. The maximum Gasteiger partial charge on any atom is 0.379 e. The molecular formula is C27H41O6P. The Morgan fingerprint density at radius 3 is 2.53 bits per heavy atom. The summed E-state index contributed by atoms with van der Waals surface area (Å²) in [6, 6.07) is 3.64. The summed E-state index contributed by atoms with van der Waals surface area (Å²) in [5, 5.41) is 11.2. The third-order valence-electron chi connectivity index (χ3n) is 6.00. The number of phenolic OH excluding ortho intramolecular Hbond substituents is 1.